The molecule has 2 unspecified atom stereocenters. The first-order chi connectivity index (χ1) is 9.54. The van der Waals surface area contributed by atoms with Crippen molar-refractivity contribution in [2.75, 3.05) is 13.1 Å². The Kier molecular flexibility index (Phi) is 4.73. The SMILES string of the molecule is CCC(C)(C(NN)c1cccc(F)c1F)N1CCCC1. The summed E-state index contributed by atoms with van der Waals surface area (Å²) in [5.74, 6) is 4.05. The quantitative estimate of drug-likeness (QED) is 0.645. The second kappa shape index (κ2) is 6.16. The molecule has 1 heterocycles. The Hall–Kier alpha value is -1.04. The zero-order valence-electron chi connectivity index (χ0n) is 12.1. The third-order valence-electron chi connectivity index (χ3n) is 4.63. The van der Waals surface area contributed by atoms with Gasteiger partial charge in [-0.1, -0.05) is 19.1 Å². The predicted molar refractivity (Wildman–Crippen MR) is 75.9 cm³/mol. The molecule has 1 aromatic carbocycles. The molecule has 3 nitrogen and oxygen atoms in total. The van der Waals surface area contributed by atoms with E-state index in [2.05, 4.69) is 24.2 Å². The molecule has 2 atom stereocenters. The number of benzene rings is 1. The molecule has 2 rings (SSSR count). The molecule has 20 heavy (non-hydrogen) atoms. The summed E-state index contributed by atoms with van der Waals surface area (Å²) >= 11 is 0. The number of hydrazine groups is 1. The molecular weight excluding hydrogens is 260 g/mol. The summed E-state index contributed by atoms with van der Waals surface area (Å²) in [7, 11) is 0. The molecule has 5 heteroatoms. The van der Waals surface area contributed by atoms with E-state index in [1.54, 1.807) is 6.07 Å². The van der Waals surface area contributed by atoms with Crippen LogP contribution in [0.15, 0.2) is 18.2 Å². The van der Waals surface area contributed by atoms with E-state index in [0.29, 0.717) is 5.56 Å². The lowest BCUT2D eigenvalue weighted by Crippen LogP contribution is -2.55. The topological polar surface area (TPSA) is 41.3 Å². The number of nitrogens with two attached hydrogens (primary N) is 1. The highest BCUT2D eigenvalue weighted by molar-refractivity contribution is 5.26. The molecule has 1 aliphatic heterocycles. The number of halogens is 2. The summed E-state index contributed by atoms with van der Waals surface area (Å²) in [5, 5.41) is 0. The third-order valence-corrected chi connectivity index (χ3v) is 4.63. The average Bonchev–Trinajstić information content (AvgIpc) is 2.98. The highest BCUT2D eigenvalue weighted by atomic mass is 19.2. The zero-order chi connectivity index (χ0) is 14.8. The van der Waals surface area contributed by atoms with E-state index >= 15 is 0 Å². The average molecular weight is 283 g/mol. The number of nitrogens with one attached hydrogen (secondary N) is 1. The van der Waals surface area contributed by atoms with Crippen molar-refractivity contribution in [3.63, 3.8) is 0 Å². The van der Waals surface area contributed by atoms with E-state index < -0.39 is 17.7 Å². The van der Waals surface area contributed by atoms with Crippen LogP contribution in [0.5, 0.6) is 0 Å². The van der Waals surface area contributed by atoms with Crippen LogP contribution in [0.4, 0.5) is 8.78 Å². The lowest BCUT2D eigenvalue weighted by atomic mass is 9.83. The number of likely N-dealkylation sites (tertiary alicyclic amines) is 1. The van der Waals surface area contributed by atoms with Gasteiger partial charge in [0.05, 0.1) is 6.04 Å². The Balaban J connectivity index is 2.40. The fourth-order valence-corrected chi connectivity index (χ4v) is 3.19. The number of hydrogen-bond acceptors (Lipinski definition) is 3. The Morgan fingerprint density at radius 1 is 1.35 bits per heavy atom. The summed E-state index contributed by atoms with van der Waals surface area (Å²) in [5.41, 5.74) is 2.67. The van der Waals surface area contributed by atoms with E-state index in [1.807, 2.05) is 0 Å². The van der Waals surface area contributed by atoms with Gasteiger partial charge in [0, 0.05) is 11.1 Å². The normalized spacial score (nSPS) is 20.9. The summed E-state index contributed by atoms with van der Waals surface area (Å²) in [6.07, 6.45) is 3.08. The Bertz CT molecular complexity index is 460. The van der Waals surface area contributed by atoms with E-state index in [4.69, 9.17) is 5.84 Å². The highest BCUT2D eigenvalue weighted by Crippen LogP contribution is 2.37. The van der Waals surface area contributed by atoms with Crippen LogP contribution in [-0.4, -0.2) is 23.5 Å². The predicted octanol–water partition coefficient (Wildman–Crippen LogP) is 2.73. The van der Waals surface area contributed by atoms with Crippen molar-refractivity contribution in [3.8, 4) is 0 Å². The Morgan fingerprint density at radius 3 is 2.55 bits per heavy atom. The summed E-state index contributed by atoms with van der Waals surface area (Å²) in [6, 6.07) is 3.82. The van der Waals surface area contributed by atoms with Crippen molar-refractivity contribution >= 4 is 0 Å². The van der Waals surface area contributed by atoms with E-state index in [1.165, 1.54) is 6.07 Å². The molecule has 0 saturated carbocycles. The van der Waals surface area contributed by atoms with Crippen LogP contribution >= 0.6 is 0 Å². The lowest BCUT2D eigenvalue weighted by Gasteiger charge is -2.44. The van der Waals surface area contributed by atoms with Gasteiger partial charge in [0.15, 0.2) is 11.6 Å². The van der Waals surface area contributed by atoms with Gasteiger partial charge in [-0.2, -0.15) is 0 Å². The van der Waals surface area contributed by atoms with Gasteiger partial charge in [0.25, 0.3) is 0 Å². The first-order valence-electron chi connectivity index (χ1n) is 7.19. The molecule has 0 spiro atoms. The van der Waals surface area contributed by atoms with Gasteiger partial charge in [-0.3, -0.25) is 16.2 Å². The first kappa shape index (κ1) is 15.4. The largest absolute Gasteiger partial charge is 0.296 e. The molecule has 1 saturated heterocycles. The third kappa shape index (κ3) is 2.57. The Morgan fingerprint density at radius 2 is 2.00 bits per heavy atom. The van der Waals surface area contributed by atoms with Crippen molar-refractivity contribution in [2.24, 2.45) is 5.84 Å². The molecule has 0 aliphatic carbocycles. The number of rotatable bonds is 5. The Labute approximate surface area is 119 Å². The molecular formula is C15H23F2N3. The van der Waals surface area contributed by atoms with E-state index in [9.17, 15) is 8.78 Å². The first-order valence-corrected chi connectivity index (χ1v) is 7.19. The molecule has 0 radical (unpaired) electrons. The van der Waals surface area contributed by atoms with Gasteiger partial charge in [-0.05, 0) is 45.3 Å². The number of nitrogens with zero attached hydrogens (tertiary/aromatic N) is 1. The van der Waals surface area contributed by atoms with Gasteiger partial charge in [0.2, 0.25) is 0 Å². The van der Waals surface area contributed by atoms with Gasteiger partial charge >= 0.3 is 0 Å². The van der Waals surface area contributed by atoms with E-state index in [-0.39, 0.29) is 5.54 Å². The highest BCUT2D eigenvalue weighted by Gasteiger charge is 2.41. The molecule has 0 bridgehead atoms. The summed E-state index contributed by atoms with van der Waals surface area (Å²) in [6.45, 7) is 6.06. The van der Waals surface area contributed by atoms with Crippen molar-refractivity contribution in [3.05, 3.63) is 35.4 Å². The van der Waals surface area contributed by atoms with Crippen LogP contribution in [-0.2, 0) is 0 Å². The minimum atomic E-state index is -0.831. The minimum absolute atomic E-state index is 0.295. The van der Waals surface area contributed by atoms with Gasteiger partial charge in [-0.25, -0.2) is 8.78 Å². The van der Waals surface area contributed by atoms with Crippen LogP contribution in [0.25, 0.3) is 0 Å². The van der Waals surface area contributed by atoms with Gasteiger partial charge in [-0.15, -0.1) is 0 Å². The van der Waals surface area contributed by atoms with Crippen LogP contribution in [0.1, 0.15) is 44.7 Å². The minimum Gasteiger partial charge on any atom is -0.296 e. The van der Waals surface area contributed by atoms with Crippen molar-refractivity contribution in [1.82, 2.24) is 10.3 Å². The molecule has 3 N–H and O–H groups in total. The van der Waals surface area contributed by atoms with E-state index in [0.717, 1.165) is 38.4 Å². The van der Waals surface area contributed by atoms with Crippen LogP contribution in [0.3, 0.4) is 0 Å². The van der Waals surface area contributed by atoms with Crippen molar-refractivity contribution < 1.29 is 8.78 Å². The second-order valence-electron chi connectivity index (χ2n) is 5.65. The summed E-state index contributed by atoms with van der Waals surface area (Å²) < 4.78 is 27.6. The second-order valence-corrected chi connectivity index (χ2v) is 5.65. The standard InChI is InChI=1S/C15H23F2N3/c1-3-15(2,20-9-4-5-10-20)14(19-18)11-7-6-8-12(16)13(11)17/h6-8,14,19H,3-5,9-10,18H2,1-2H3. The molecule has 1 aromatic rings. The van der Waals surface area contributed by atoms with Crippen molar-refractivity contribution in [2.45, 2.75) is 44.7 Å². The maximum absolute atomic E-state index is 14.1. The summed E-state index contributed by atoms with van der Waals surface area (Å²) in [4.78, 5) is 2.32. The molecule has 0 aromatic heterocycles. The van der Waals surface area contributed by atoms with Crippen LogP contribution < -0.4 is 11.3 Å². The molecule has 1 fully saturated rings. The molecule has 112 valence electrons. The fourth-order valence-electron chi connectivity index (χ4n) is 3.19. The maximum Gasteiger partial charge on any atom is 0.163 e. The molecule has 1 aliphatic rings. The smallest absolute Gasteiger partial charge is 0.163 e. The van der Waals surface area contributed by atoms with Gasteiger partial charge < -0.3 is 0 Å². The van der Waals surface area contributed by atoms with Crippen LogP contribution in [0.2, 0.25) is 0 Å². The lowest BCUT2D eigenvalue weighted by molar-refractivity contribution is 0.0821. The molecule has 0 amide bonds. The van der Waals surface area contributed by atoms with Gasteiger partial charge in [0.1, 0.15) is 0 Å². The maximum atomic E-state index is 14.1. The van der Waals surface area contributed by atoms with Crippen molar-refractivity contribution in [1.29, 1.82) is 0 Å². The fraction of sp³-hybridized carbons (Fsp3) is 0.600. The van der Waals surface area contributed by atoms with Crippen LogP contribution in [0, 0.1) is 11.6 Å². The monoisotopic (exact) mass is 283 g/mol. The zero-order valence-corrected chi connectivity index (χ0v) is 12.1. The number of hydrogen-bond donors (Lipinski definition) is 2.